The maximum absolute atomic E-state index is 5.70. The second-order valence-corrected chi connectivity index (χ2v) is 5.64. The van der Waals surface area contributed by atoms with Crippen molar-refractivity contribution in [3.8, 4) is 5.75 Å². The Labute approximate surface area is 127 Å². The molecule has 0 saturated heterocycles. The number of aryl methyl sites for hydroxylation is 2. The molecule has 2 aromatic rings. The highest BCUT2D eigenvalue weighted by atomic mass is 16.5. The second-order valence-electron chi connectivity index (χ2n) is 5.64. The van der Waals surface area contributed by atoms with Crippen LogP contribution in [0.4, 0.5) is 0 Å². The Kier molecular flexibility index (Phi) is 4.97. The fraction of sp³-hybridized carbons (Fsp3) is 0.389. The van der Waals surface area contributed by atoms with Crippen molar-refractivity contribution < 1.29 is 4.74 Å². The van der Waals surface area contributed by atoms with Crippen LogP contribution in [-0.4, -0.2) is 18.1 Å². The Hall–Kier alpha value is -1.87. The highest BCUT2D eigenvalue weighted by Gasteiger charge is 2.13. The predicted octanol–water partition coefficient (Wildman–Crippen LogP) is 3.79. The standard InChI is InChI=1S/C18H24N2O/c1-12(2)21-17-8-6-15(7-9-17)18(19-5)16-10-13(3)20-14(4)11-16/h6-12,18-19H,1-5H3. The Morgan fingerprint density at radius 2 is 1.52 bits per heavy atom. The molecule has 1 N–H and O–H groups in total. The third kappa shape index (κ3) is 4.05. The molecule has 1 aromatic heterocycles. The number of hydrogen-bond donors (Lipinski definition) is 1. The van der Waals surface area contributed by atoms with E-state index >= 15 is 0 Å². The van der Waals surface area contributed by atoms with Crippen LogP contribution in [0, 0.1) is 13.8 Å². The average Bonchev–Trinajstić information content (AvgIpc) is 2.40. The van der Waals surface area contributed by atoms with Crippen molar-refractivity contribution in [3.63, 3.8) is 0 Å². The van der Waals surface area contributed by atoms with E-state index in [1.54, 1.807) is 0 Å². The normalized spacial score (nSPS) is 12.5. The molecule has 0 saturated carbocycles. The quantitative estimate of drug-likeness (QED) is 0.907. The average molecular weight is 284 g/mol. The van der Waals surface area contributed by atoms with Crippen molar-refractivity contribution >= 4 is 0 Å². The van der Waals surface area contributed by atoms with Gasteiger partial charge in [0, 0.05) is 11.4 Å². The molecular formula is C18H24N2O. The van der Waals surface area contributed by atoms with Crippen LogP contribution in [0.15, 0.2) is 36.4 Å². The first-order valence-corrected chi connectivity index (χ1v) is 7.38. The van der Waals surface area contributed by atoms with Gasteiger partial charge in [0.25, 0.3) is 0 Å². The van der Waals surface area contributed by atoms with Crippen LogP contribution < -0.4 is 10.1 Å². The summed E-state index contributed by atoms with van der Waals surface area (Å²) >= 11 is 0. The Balaban J connectivity index is 2.28. The van der Waals surface area contributed by atoms with E-state index in [1.165, 1.54) is 11.1 Å². The maximum atomic E-state index is 5.70. The monoisotopic (exact) mass is 284 g/mol. The molecule has 0 amide bonds. The van der Waals surface area contributed by atoms with Crippen molar-refractivity contribution in [3.05, 3.63) is 58.9 Å². The fourth-order valence-electron chi connectivity index (χ4n) is 2.57. The molecule has 0 radical (unpaired) electrons. The molecule has 1 unspecified atom stereocenters. The van der Waals surface area contributed by atoms with E-state index < -0.39 is 0 Å². The first-order valence-electron chi connectivity index (χ1n) is 7.38. The van der Waals surface area contributed by atoms with Gasteiger partial charge in [0.05, 0.1) is 12.1 Å². The molecule has 0 spiro atoms. The number of pyridine rings is 1. The third-order valence-corrected chi connectivity index (χ3v) is 3.31. The molecular weight excluding hydrogens is 260 g/mol. The number of nitrogens with zero attached hydrogens (tertiary/aromatic N) is 1. The molecule has 21 heavy (non-hydrogen) atoms. The molecule has 0 aliphatic carbocycles. The minimum atomic E-state index is 0.165. The van der Waals surface area contributed by atoms with Crippen molar-refractivity contribution in [2.45, 2.75) is 39.8 Å². The van der Waals surface area contributed by atoms with Gasteiger partial charge in [-0.1, -0.05) is 12.1 Å². The van der Waals surface area contributed by atoms with E-state index in [1.807, 2.05) is 46.9 Å². The first-order chi connectivity index (χ1) is 9.99. The fourth-order valence-corrected chi connectivity index (χ4v) is 2.57. The number of nitrogens with one attached hydrogen (secondary N) is 1. The van der Waals surface area contributed by atoms with Gasteiger partial charge in [-0.25, -0.2) is 0 Å². The van der Waals surface area contributed by atoms with Crippen molar-refractivity contribution in [1.82, 2.24) is 10.3 Å². The van der Waals surface area contributed by atoms with Crippen LogP contribution in [0.3, 0.4) is 0 Å². The van der Waals surface area contributed by atoms with E-state index in [4.69, 9.17) is 4.74 Å². The summed E-state index contributed by atoms with van der Waals surface area (Å²) in [4.78, 5) is 4.44. The largest absolute Gasteiger partial charge is 0.491 e. The molecule has 0 aliphatic heterocycles. The molecule has 1 heterocycles. The van der Waals surface area contributed by atoms with Gasteiger partial charge in [0.1, 0.15) is 5.75 Å². The zero-order valence-corrected chi connectivity index (χ0v) is 13.5. The number of rotatable bonds is 5. The SMILES string of the molecule is CNC(c1ccc(OC(C)C)cc1)c1cc(C)nc(C)c1. The molecule has 3 nitrogen and oxygen atoms in total. The van der Waals surface area contributed by atoms with Gasteiger partial charge in [-0.3, -0.25) is 4.98 Å². The predicted molar refractivity (Wildman–Crippen MR) is 86.8 cm³/mol. The van der Waals surface area contributed by atoms with Gasteiger partial charge >= 0.3 is 0 Å². The minimum Gasteiger partial charge on any atom is -0.491 e. The van der Waals surface area contributed by atoms with Gasteiger partial charge in [-0.2, -0.15) is 0 Å². The summed E-state index contributed by atoms with van der Waals surface area (Å²) in [6.07, 6.45) is 0.196. The van der Waals surface area contributed by atoms with Gasteiger partial charge < -0.3 is 10.1 Å². The van der Waals surface area contributed by atoms with Crippen LogP contribution in [0.2, 0.25) is 0 Å². The summed E-state index contributed by atoms with van der Waals surface area (Å²) in [5.41, 5.74) is 4.55. The summed E-state index contributed by atoms with van der Waals surface area (Å²) < 4.78 is 5.70. The minimum absolute atomic E-state index is 0.165. The zero-order chi connectivity index (χ0) is 15.4. The van der Waals surface area contributed by atoms with Gasteiger partial charge in [-0.05, 0) is 70.1 Å². The second kappa shape index (κ2) is 6.72. The van der Waals surface area contributed by atoms with E-state index in [2.05, 4.69) is 34.6 Å². The Bertz CT molecular complexity index is 570. The van der Waals surface area contributed by atoms with Crippen LogP contribution in [0.1, 0.15) is 42.4 Å². The number of hydrogen-bond acceptors (Lipinski definition) is 3. The molecule has 1 atom stereocenters. The van der Waals surface area contributed by atoms with Crippen molar-refractivity contribution in [2.75, 3.05) is 7.05 Å². The number of aromatic nitrogens is 1. The van der Waals surface area contributed by atoms with Crippen LogP contribution in [0.25, 0.3) is 0 Å². The summed E-state index contributed by atoms with van der Waals surface area (Å²) in [5, 5.41) is 3.38. The summed E-state index contributed by atoms with van der Waals surface area (Å²) in [6, 6.07) is 12.7. The summed E-state index contributed by atoms with van der Waals surface area (Å²) in [7, 11) is 1.98. The van der Waals surface area contributed by atoms with E-state index in [9.17, 15) is 0 Å². The zero-order valence-electron chi connectivity index (χ0n) is 13.5. The van der Waals surface area contributed by atoms with Crippen LogP contribution >= 0.6 is 0 Å². The summed E-state index contributed by atoms with van der Waals surface area (Å²) in [5.74, 6) is 0.908. The van der Waals surface area contributed by atoms with Gasteiger partial charge in [0.15, 0.2) is 0 Å². The van der Waals surface area contributed by atoms with Gasteiger partial charge in [-0.15, -0.1) is 0 Å². The number of ether oxygens (including phenoxy) is 1. The molecule has 2 rings (SSSR count). The molecule has 0 aliphatic rings. The van der Waals surface area contributed by atoms with Gasteiger partial charge in [0.2, 0.25) is 0 Å². The lowest BCUT2D eigenvalue weighted by molar-refractivity contribution is 0.242. The lowest BCUT2D eigenvalue weighted by Crippen LogP contribution is -2.18. The highest BCUT2D eigenvalue weighted by Crippen LogP contribution is 2.25. The molecule has 0 fully saturated rings. The Morgan fingerprint density at radius 3 is 2.00 bits per heavy atom. The first kappa shape index (κ1) is 15.5. The maximum Gasteiger partial charge on any atom is 0.119 e. The number of benzene rings is 1. The lowest BCUT2D eigenvalue weighted by atomic mass is 9.98. The van der Waals surface area contributed by atoms with Crippen LogP contribution in [-0.2, 0) is 0 Å². The van der Waals surface area contributed by atoms with E-state index in [-0.39, 0.29) is 12.1 Å². The molecule has 112 valence electrons. The lowest BCUT2D eigenvalue weighted by Gasteiger charge is -2.19. The molecule has 3 heteroatoms. The summed E-state index contributed by atoms with van der Waals surface area (Å²) in [6.45, 7) is 8.13. The Morgan fingerprint density at radius 1 is 0.952 bits per heavy atom. The van der Waals surface area contributed by atoms with Crippen molar-refractivity contribution in [1.29, 1.82) is 0 Å². The third-order valence-electron chi connectivity index (χ3n) is 3.31. The highest BCUT2D eigenvalue weighted by molar-refractivity contribution is 5.36. The van der Waals surface area contributed by atoms with Crippen LogP contribution in [0.5, 0.6) is 5.75 Å². The van der Waals surface area contributed by atoms with E-state index in [0.29, 0.717) is 0 Å². The smallest absolute Gasteiger partial charge is 0.119 e. The molecule has 1 aromatic carbocycles. The van der Waals surface area contributed by atoms with E-state index in [0.717, 1.165) is 17.1 Å². The van der Waals surface area contributed by atoms with Crippen molar-refractivity contribution in [2.24, 2.45) is 0 Å². The topological polar surface area (TPSA) is 34.1 Å². The molecule has 0 bridgehead atoms.